The predicted octanol–water partition coefficient (Wildman–Crippen LogP) is 2.53. The third kappa shape index (κ3) is 3.35. The molecular formula is C11H14Cl2O2. The molecule has 0 radical (unpaired) electrons. The maximum atomic E-state index is 9.43. The van der Waals surface area contributed by atoms with Crippen LogP contribution in [0.5, 0.6) is 0 Å². The lowest BCUT2D eigenvalue weighted by Gasteiger charge is -2.17. The highest BCUT2D eigenvalue weighted by Crippen LogP contribution is 2.27. The summed E-state index contributed by atoms with van der Waals surface area (Å²) in [5, 5.41) is 19.4. The Labute approximate surface area is 99.5 Å². The quantitative estimate of drug-likeness (QED) is 0.860. The van der Waals surface area contributed by atoms with E-state index in [1.807, 2.05) is 6.92 Å². The standard InChI is InChI=1S/C11H14Cl2O2/c1-7(11(15)6-14)5-8-9(12)3-2-4-10(8)13/h2-4,7,11,14-15H,5-6H2,1H3. The molecule has 0 aliphatic rings. The van der Waals surface area contributed by atoms with E-state index in [1.165, 1.54) is 0 Å². The van der Waals surface area contributed by atoms with E-state index < -0.39 is 6.10 Å². The van der Waals surface area contributed by atoms with E-state index in [0.29, 0.717) is 16.5 Å². The van der Waals surface area contributed by atoms with Crippen molar-refractivity contribution in [1.29, 1.82) is 0 Å². The Morgan fingerprint density at radius 2 is 1.80 bits per heavy atom. The Bertz CT molecular complexity index is 308. The zero-order valence-electron chi connectivity index (χ0n) is 8.45. The molecule has 0 saturated carbocycles. The Morgan fingerprint density at radius 1 is 1.27 bits per heavy atom. The molecule has 2 unspecified atom stereocenters. The largest absolute Gasteiger partial charge is 0.394 e. The highest BCUT2D eigenvalue weighted by molar-refractivity contribution is 6.35. The van der Waals surface area contributed by atoms with Crippen LogP contribution in [0.1, 0.15) is 12.5 Å². The van der Waals surface area contributed by atoms with Gasteiger partial charge >= 0.3 is 0 Å². The van der Waals surface area contributed by atoms with E-state index in [9.17, 15) is 5.11 Å². The summed E-state index contributed by atoms with van der Waals surface area (Å²) in [5.74, 6) is -0.0765. The molecule has 4 heteroatoms. The number of rotatable bonds is 4. The molecule has 0 bridgehead atoms. The molecule has 2 N–H and O–H groups in total. The fraction of sp³-hybridized carbons (Fsp3) is 0.455. The van der Waals surface area contributed by atoms with E-state index in [2.05, 4.69) is 0 Å². The molecule has 0 aliphatic heterocycles. The fourth-order valence-electron chi connectivity index (χ4n) is 1.37. The molecule has 0 heterocycles. The first-order valence-electron chi connectivity index (χ1n) is 4.78. The van der Waals surface area contributed by atoms with Crippen molar-refractivity contribution >= 4 is 23.2 Å². The van der Waals surface area contributed by atoms with Crippen LogP contribution in [0, 0.1) is 5.92 Å². The minimum Gasteiger partial charge on any atom is -0.394 e. The van der Waals surface area contributed by atoms with Crippen molar-refractivity contribution in [1.82, 2.24) is 0 Å². The predicted molar refractivity (Wildman–Crippen MR) is 62.4 cm³/mol. The number of hydrogen-bond acceptors (Lipinski definition) is 2. The number of aliphatic hydroxyl groups excluding tert-OH is 2. The van der Waals surface area contributed by atoms with Gasteiger partial charge in [0.05, 0.1) is 12.7 Å². The van der Waals surface area contributed by atoms with Crippen molar-refractivity contribution in [2.45, 2.75) is 19.4 Å². The van der Waals surface area contributed by atoms with Crippen molar-refractivity contribution < 1.29 is 10.2 Å². The second-order valence-corrected chi connectivity index (χ2v) is 4.45. The average Bonchev–Trinajstić information content (AvgIpc) is 2.22. The Kier molecular flexibility index (Phi) is 4.87. The highest BCUT2D eigenvalue weighted by atomic mass is 35.5. The van der Waals surface area contributed by atoms with Crippen LogP contribution in [-0.4, -0.2) is 22.9 Å². The number of halogens is 2. The van der Waals surface area contributed by atoms with E-state index >= 15 is 0 Å². The van der Waals surface area contributed by atoms with Crippen molar-refractivity contribution in [2.24, 2.45) is 5.92 Å². The topological polar surface area (TPSA) is 40.5 Å². The lowest BCUT2D eigenvalue weighted by molar-refractivity contribution is 0.0535. The molecule has 84 valence electrons. The van der Waals surface area contributed by atoms with Gasteiger partial charge in [0, 0.05) is 10.0 Å². The molecule has 0 aliphatic carbocycles. The first-order valence-corrected chi connectivity index (χ1v) is 5.53. The summed E-state index contributed by atoms with van der Waals surface area (Å²) in [6.07, 6.45) is -0.183. The lowest BCUT2D eigenvalue weighted by atomic mass is 9.96. The van der Waals surface area contributed by atoms with Crippen LogP contribution in [0.25, 0.3) is 0 Å². The van der Waals surface area contributed by atoms with Crippen LogP contribution in [0.2, 0.25) is 10.0 Å². The molecule has 1 aromatic carbocycles. The Hall–Kier alpha value is -0.280. The zero-order valence-corrected chi connectivity index (χ0v) is 9.96. The molecule has 15 heavy (non-hydrogen) atoms. The summed E-state index contributed by atoms with van der Waals surface area (Å²) in [5.41, 5.74) is 0.820. The molecular weight excluding hydrogens is 235 g/mol. The van der Waals surface area contributed by atoms with Gasteiger partial charge in [-0.2, -0.15) is 0 Å². The van der Waals surface area contributed by atoms with Crippen LogP contribution in [0.15, 0.2) is 18.2 Å². The van der Waals surface area contributed by atoms with Crippen LogP contribution in [0.4, 0.5) is 0 Å². The smallest absolute Gasteiger partial charge is 0.0799 e. The van der Waals surface area contributed by atoms with Gasteiger partial charge < -0.3 is 10.2 Å². The first kappa shape index (κ1) is 12.8. The maximum absolute atomic E-state index is 9.43. The number of hydrogen-bond donors (Lipinski definition) is 2. The molecule has 1 rings (SSSR count). The third-order valence-electron chi connectivity index (χ3n) is 2.43. The van der Waals surface area contributed by atoms with Crippen LogP contribution >= 0.6 is 23.2 Å². The summed E-state index contributed by atoms with van der Waals surface area (Å²) >= 11 is 12.0. The number of benzene rings is 1. The maximum Gasteiger partial charge on any atom is 0.0799 e. The Balaban J connectivity index is 2.80. The van der Waals surface area contributed by atoms with Crippen molar-refractivity contribution in [3.63, 3.8) is 0 Å². The van der Waals surface area contributed by atoms with Crippen LogP contribution < -0.4 is 0 Å². The monoisotopic (exact) mass is 248 g/mol. The normalized spacial score (nSPS) is 15.0. The molecule has 2 atom stereocenters. The van der Waals surface area contributed by atoms with Gasteiger partial charge in [-0.3, -0.25) is 0 Å². The summed E-state index contributed by atoms with van der Waals surface area (Å²) in [7, 11) is 0. The van der Waals surface area contributed by atoms with Gasteiger partial charge in [0.25, 0.3) is 0 Å². The van der Waals surface area contributed by atoms with Gasteiger partial charge in [-0.15, -0.1) is 0 Å². The lowest BCUT2D eigenvalue weighted by Crippen LogP contribution is -2.23. The molecule has 0 saturated heterocycles. The molecule has 0 amide bonds. The van der Waals surface area contributed by atoms with Crippen LogP contribution in [-0.2, 0) is 6.42 Å². The summed E-state index contributed by atoms with van der Waals surface area (Å²) in [6.45, 7) is 1.60. The third-order valence-corrected chi connectivity index (χ3v) is 3.14. The van der Waals surface area contributed by atoms with Crippen LogP contribution in [0.3, 0.4) is 0 Å². The number of aliphatic hydroxyl groups is 2. The second kappa shape index (κ2) is 5.71. The van der Waals surface area contributed by atoms with Gasteiger partial charge in [-0.05, 0) is 30.0 Å². The molecule has 0 fully saturated rings. The minimum atomic E-state index is -0.739. The van der Waals surface area contributed by atoms with E-state index in [-0.39, 0.29) is 12.5 Å². The summed E-state index contributed by atoms with van der Waals surface area (Å²) in [6, 6.07) is 5.31. The summed E-state index contributed by atoms with van der Waals surface area (Å²) < 4.78 is 0. The van der Waals surface area contributed by atoms with E-state index in [1.54, 1.807) is 18.2 Å². The van der Waals surface area contributed by atoms with Gasteiger partial charge in [0.1, 0.15) is 0 Å². The van der Waals surface area contributed by atoms with Gasteiger partial charge in [0.2, 0.25) is 0 Å². The Morgan fingerprint density at radius 3 is 2.27 bits per heavy atom. The first-order chi connectivity index (χ1) is 7.06. The van der Waals surface area contributed by atoms with Crippen molar-refractivity contribution in [3.8, 4) is 0 Å². The van der Waals surface area contributed by atoms with Gasteiger partial charge in [0.15, 0.2) is 0 Å². The molecule has 2 nitrogen and oxygen atoms in total. The zero-order chi connectivity index (χ0) is 11.4. The average molecular weight is 249 g/mol. The van der Waals surface area contributed by atoms with Crippen molar-refractivity contribution in [2.75, 3.05) is 6.61 Å². The SMILES string of the molecule is CC(Cc1c(Cl)cccc1Cl)C(O)CO. The second-order valence-electron chi connectivity index (χ2n) is 3.63. The molecule has 0 aromatic heterocycles. The fourth-order valence-corrected chi connectivity index (χ4v) is 1.92. The minimum absolute atomic E-state index is 0.0765. The molecule has 0 spiro atoms. The summed E-state index contributed by atoms with van der Waals surface area (Å²) in [4.78, 5) is 0. The molecule has 1 aromatic rings. The van der Waals surface area contributed by atoms with Crippen molar-refractivity contribution in [3.05, 3.63) is 33.8 Å². The van der Waals surface area contributed by atoms with E-state index in [0.717, 1.165) is 5.56 Å². The van der Waals surface area contributed by atoms with Gasteiger partial charge in [-0.1, -0.05) is 36.2 Å². The highest BCUT2D eigenvalue weighted by Gasteiger charge is 2.16. The van der Waals surface area contributed by atoms with E-state index in [4.69, 9.17) is 28.3 Å². The van der Waals surface area contributed by atoms with Gasteiger partial charge in [-0.25, -0.2) is 0 Å².